The van der Waals surface area contributed by atoms with E-state index in [1.165, 1.54) is 24.8 Å². The molecular formula is C30H35N5O2. The third-order valence-corrected chi connectivity index (χ3v) is 8.14. The van der Waals surface area contributed by atoms with Crippen LogP contribution in [0.4, 0.5) is 5.95 Å². The number of nitrogens with one attached hydrogen (secondary N) is 1. The van der Waals surface area contributed by atoms with Crippen LogP contribution in [0.15, 0.2) is 65.5 Å². The second-order valence-corrected chi connectivity index (χ2v) is 10.6. The Morgan fingerprint density at radius 2 is 1.65 bits per heavy atom. The van der Waals surface area contributed by atoms with E-state index in [4.69, 9.17) is 4.98 Å². The highest BCUT2D eigenvalue weighted by atomic mass is 16.2. The zero-order valence-corrected chi connectivity index (χ0v) is 21.3. The predicted octanol–water partition coefficient (Wildman–Crippen LogP) is 4.14. The SMILES string of the molecule is O=C(C1CCN1Cc1ccccc1)N1CCc2nc(NC3CCCCC3)n(-c3ccccc3)c(=O)c2C1. The van der Waals surface area contributed by atoms with Crippen LogP contribution in [0.25, 0.3) is 5.69 Å². The number of likely N-dealkylation sites (tertiary alicyclic amines) is 1. The molecule has 1 saturated heterocycles. The van der Waals surface area contributed by atoms with Gasteiger partial charge in [-0.15, -0.1) is 0 Å². The van der Waals surface area contributed by atoms with Crippen LogP contribution in [-0.4, -0.2) is 50.4 Å². The molecule has 3 heterocycles. The highest BCUT2D eigenvalue weighted by Gasteiger charge is 2.38. The number of hydrogen-bond acceptors (Lipinski definition) is 5. The lowest BCUT2D eigenvalue weighted by molar-refractivity contribution is -0.143. The molecule has 1 unspecified atom stereocenters. The number of nitrogens with zero attached hydrogens (tertiary/aromatic N) is 4. The molecule has 0 bridgehead atoms. The predicted molar refractivity (Wildman–Crippen MR) is 145 cm³/mol. The Kier molecular flexibility index (Phi) is 6.79. The number of para-hydroxylation sites is 1. The van der Waals surface area contributed by atoms with E-state index in [0.717, 1.165) is 43.7 Å². The van der Waals surface area contributed by atoms with Crippen LogP contribution >= 0.6 is 0 Å². The van der Waals surface area contributed by atoms with E-state index in [1.807, 2.05) is 53.4 Å². The van der Waals surface area contributed by atoms with E-state index in [2.05, 4.69) is 22.3 Å². The zero-order valence-electron chi connectivity index (χ0n) is 21.3. The first-order chi connectivity index (χ1) is 18.2. The maximum atomic E-state index is 13.9. The minimum absolute atomic E-state index is 0.0678. The Morgan fingerprint density at radius 3 is 2.35 bits per heavy atom. The molecular weight excluding hydrogens is 462 g/mol. The Bertz CT molecular complexity index is 1300. The number of benzene rings is 2. The average molecular weight is 498 g/mol. The molecule has 0 spiro atoms. The quantitative estimate of drug-likeness (QED) is 0.554. The van der Waals surface area contributed by atoms with Gasteiger partial charge in [0, 0.05) is 32.1 Å². The smallest absolute Gasteiger partial charge is 0.264 e. The molecule has 3 aromatic rings. The van der Waals surface area contributed by atoms with Crippen LogP contribution < -0.4 is 10.9 Å². The van der Waals surface area contributed by atoms with Gasteiger partial charge in [-0.2, -0.15) is 0 Å². The van der Waals surface area contributed by atoms with Gasteiger partial charge in [-0.1, -0.05) is 67.8 Å². The Morgan fingerprint density at radius 1 is 0.919 bits per heavy atom. The molecule has 1 atom stereocenters. The number of carbonyl (C=O) groups is 1. The molecule has 7 nitrogen and oxygen atoms in total. The lowest BCUT2D eigenvalue weighted by Crippen LogP contribution is -2.57. The molecule has 1 aromatic heterocycles. The summed E-state index contributed by atoms with van der Waals surface area (Å²) in [6.45, 7) is 2.63. The zero-order chi connectivity index (χ0) is 25.2. The molecule has 192 valence electrons. The fourth-order valence-electron chi connectivity index (χ4n) is 5.95. The Hall–Kier alpha value is -3.45. The summed E-state index contributed by atoms with van der Waals surface area (Å²) in [5.74, 6) is 0.762. The second kappa shape index (κ2) is 10.5. The van der Waals surface area contributed by atoms with Crippen LogP contribution in [-0.2, 0) is 24.3 Å². The molecule has 1 saturated carbocycles. The van der Waals surface area contributed by atoms with Gasteiger partial charge in [0.2, 0.25) is 11.9 Å². The Labute approximate surface area is 218 Å². The summed E-state index contributed by atoms with van der Waals surface area (Å²) in [5, 5.41) is 3.60. The van der Waals surface area contributed by atoms with Crippen molar-refractivity contribution in [2.24, 2.45) is 0 Å². The van der Waals surface area contributed by atoms with Crippen LogP contribution in [0, 0.1) is 0 Å². The summed E-state index contributed by atoms with van der Waals surface area (Å²) in [5.41, 5.74) is 3.43. The van der Waals surface area contributed by atoms with Gasteiger partial charge in [0.1, 0.15) is 0 Å². The summed E-state index contributed by atoms with van der Waals surface area (Å²) < 4.78 is 1.71. The van der Waals surface area contributed by atoms with Crippen molar-refractivity contribution in [1.29, 1.82) is 0 Å². The van der Waals surface area contributed by atoms with Crippen molar-refractivity contribution in [2.45, 2.75) is 70.1 Å². The fraction of sp³-hybridized carbons (Fsp3) is 0.433. The summed E-state index contributed by atoms with van der Waals surface area (Å²) in [7, 11) is 0. The van der Waals surface area contributed by atoms with Crippen molar-refractivity contribution in [3.05, 3.63) is 87.8 Å². The van der Waals surface area contributed by atoms with Crippen molar-refractivity contribution in [2.75, 3.05) is 18.4 Å². The van der Waals surface area contributed by atoms with Gasteiger partial charge >= 0.3 is 0 Å². The largest absolute Gasteiger partial charge is 0.353 e. The van der Waals surface area contributed by atoms with Gasteiger partial charge in [0.15, 0.2) is 0 Å². The van der Waals surface area contributed by atoms with Gasteiger partial charge in [0.05, 0.1) is 29.5 Å². The van der Waals surface area contributed by atoms with Gasteiger partial charge < -0.3 is 10.2 Å². The maximum Gasteiger partial charge on any atom is 0.264 e. The number of anilines is 1. The van der Waals surface area contributed by atoms with E-state index in [9.17, 15) is 9.59 Å². The van der Waals surface area contributed by atoms with Crippen molar-refractivity contribution >= 4 is 11.9 Å². The van der Waals surface area contributed by atoms with E-state index in [0.29, 0.717) is 37.1 Å². The first-order valence-electron chi connectivity index (χ1n) is 13.7. The van der Waals surface area contributed by atoms with Crippen LogP contribution in [0.3, 0.4) is 0 Å². The van der Waals surface area contributed by atoms with E-state index < -0.39 is 0 Å². The fourth-order valence-corrected chi connectivity index (χ4v) is 5.95. The van der Waals surface area contributed by atoms with Crippen molar-refractivity contribution in [1.82, 2.24) is 19.4 Å². The number of hydrogen-bond donors (Lipinski definition) is 1. The number of rotatable bonds is 6. The highest BCUT2D eigenvalue weighted by Crippen LogP contribution is 2.27. The van der Waals surface area contributed by atoms with Crippen LogP contribution in [0.1, 0.15) is 55.3 Å². The van der Waals surface area contributed by atoms with E-state index in [1.54, 1.807) is 4.57 Å². The Balaban J connectivity index is 1.25. The topological polar surface area (TPSA) is 70.5 Å². The maximum absolute atomic E-state index is 13.9. The van der Waals surface area contributed by atoms with Crippen molar-refractivity contribution in [3.63, 3.8) is 0 Å². The van der Waals surface area contributed by atoms with Crippen LogP contribution in [0.5, 0.6) is 0 Å². The van der Waals surface area contributed by atoms with Crippen molar-refractivity contribution < 1.29 is 4.79 Å². The van der Waals surface area contributed by atoms with Gasteiger partial charge in [-0.05, 0) is 37.0 Å². The molecule has 2 aliphatic heterocycles. The normalized spacial score (nSPS) is 20.2. The summed E-state index contributed by atoms with van der Waals surface area (Å²) in [4.78, 5) is 36.6. The number of fused-ring (bicyclic) bond motifs is 1. The third-order valence-electron chi connectivity index (χ3n) is 8.14. The molecule has 6 rings (SSSR count). The lowest BCUT2D eigenvalue weighted by atomic mass is 9.95. The summed E-state index contributed by atoms with van der Waals surface area (Å²) in [6.07, 6.45) is 7.36. The van der Waals surface area contributed by atoms with E-state index in [-0.39, 0.29) is 17.5 Å². The van der Waals surface area contributed by atoms with Crippen molar-refractivity contribution in [3.8, 4) is 5.69 Å². The molecule has 2 aromatic carbocycles. The van der Waals surface area contributed by atoms with E-state index >= 15 is 0 Å². The second-order valence-electron chi connectivity index (χ2n) is 10.6. The first-order valence-corrected chi connectivity index (χ1v) is 13.7. The number of amides is 1. The third kappa shape index (κ3) is 4.92. The molecule has 1 aliphatic carbocycles. The average Bonchev–Trinajstić information content (AvgIpc) is 2.93. The summed E-state index contributed by atoms with van der Waals surface area (Å²) >= 11 is 0. The van der Waals surface area contributed by atoms with Crippen LogP contribution in [0.2, 0.25) is 0 Å². The number of aromatic nitrogens is 2. The molecule has 2 fully saturated rings. The standard InChI is InChI=1S/C30H35N5O2/c36-28-25-21-34(29(37)27-17-19-33(27)20-22-10-4-1-5-11-22)18-16-26(25)32-30(31-23-12-6-2-7-13-23)35(28)24-14-8-3-9-15-24/h1,3-5,8-11,14-15,23,27H,2,6-7,12-13,16-21H2,(H,31,32). The minimum atomic E-state index is -0.113. The molecule has 3 aliphatic rings. The summed E-state index contributed by atoms with van der Waals surface area (Å²) in [6, 6.07) is 20.3. The number of carbonyl (C=O) groups excluding carboxylic acids is 1. The molecule has 0 radical (unpaired) electrons. The molecule has 1 N–H and O–H groups in total. The molecule has 7 heteroatoms. The molecule has 1 amide bonds. The monoisotopic (exact) mass is 497 g/mol. The first kappa shape index (κ1) is 23.9. The molecule has 37 heavy (non-hydrogen) atoms. The van der Waals surface area contributed by atoms with Gasteiger partial charge in [-0.3, -0.25) is 14.5 Å². The highest BCUT2D eigenvalue weighted by molar-refractivity contribution is 5.83. The lowest BCUT2D eigenvalue weighted by Gasteiger charge is -2.43. The van der Waals surface area contributed by atoms with Gasteiger partial charge in [0.25, 0.3) is 5.56 Å². The van der Waals surface area contributed by atoms with Gasteiger partial charge in [-0.25, -0.2) is 9.55 Å². The minimum Gasteiger partial charge on any atom is -0.353 e.